The minimum absolute atomic E-state index is 0.0327. The molecule has 0 N–H and O–H groups in total. The lowest BCUT2D eigenvalue weighted by molar-refractivity contribution is -0.117. The highest BCUT2D eigenvalue weighted by Gasteiger charge is 2.24. The number of carbonyl (C=O) groups is 1. The highest BCUT2D eigenvalue weighted by molar-refractivity contribution is 7.54. The van der Waals surface area contributed by atoms with Crippen molar-refractivity contribution in [2.24, 2.45) is 0 Å². The smallest absolute Gasteiger partial charge is 0.312 e. The molecular formula is C21H41O4P. The van der Waals surface area contributed by atoms with Crippen LogP contribution in [0.2, 0.25) is 0 Å². The molecule has 0 heterocycles. The third-order valence-electron chi connectivity index (χ3n) is 4.64. The molecule has 154 valence electrons. The van der Waals surface area contributed by atoms with Gasteiger partial charge in [-0.25, -0.2) is 0 Å². The number of ketones is 1. The summed E-state index contributed by atoms with van der Waals surface area (Å²) in [7, 11) is -0.546. The summed E-state index contributed by atoms with van der Waals surface area (Å²) in [5, 5.41) is 0. The van der Waals surface area contributed by atoms with Gasteiger partial charge in [-0.05, 0) is 32.1 Å². The Morgan fingerprint density at radius 1 is 0.769 bits per heavy atom. The van der Waals surface area contributed by atoms with Crippen LogP contribution in [-0.4, -0.2) is 26.2 Å². The van der Waals surface area contributed by atoms with Crippen LogP contribution in [-0.2, 0) is 18.4 Å². The van der Waals surface area contributed by atoms with Crippen molar-refractivity contribution < 1.29 is 18.4 Å². The largest absolute Gasteiger partial charge is 0.337 e. The van der Waals surface area contributed by atoms with E-state index >= 15 is 0 Å². The molecule has 5 heteroatoms. The molecule has 4 nitrogen and oxygen atoms in total. The van der Waals surface area contributed by atoms with Crippen molar-refractivity contribution in [3.63, 3.8) is 0 Å². The monoisotopic (exact) mass is 388 g/mol. The lowest BCUT2D eigenvalue weighted by Crippen LogP contribution is -2.07. The number of allylic oxidation sites excluding steroid dienone is 2. The Kier molecular flexibility index (Phi) is 17.6. The Morgan fingerprint density at radius 3 is 1.73 bits per heavy atom. The van der Waals surface area contributed by atoms with Gasteiger partial charge >= 0.3 is 7.60 Å². The number of unbranched alkanes of at least 4 members (excludes halogenated alkanes) is 11. The van der Waals surface area contributed by atoms with Gasteiger partial charge in [0.2, 0.25) is 0 Å². The summed E-state index contributed by atoms with van der Waals surface area (Å²) < 4.78 is 21.4. The molecular weight excluding hydrogens is 347 g/mol. The van der Waals surface area contributed by atoms with E-state index in [9.17, 15) is 9.36 Å². The maximum absolute atomic E-state index is 11.8. The SMILES string of the molecule is CCCCCCCC/C=C\CCCCCCCC(=O)CP(=O)(OC)OC. The molecule has 0 bridgehead atoms. The quantitative estimate of drug-likeness (QED) is 0.135. The van der Waals surface area contributed by atoms with E-state index in [1.54, 1.807) is 0 Å². The zero-order valence-electron chi connectivity index (χ0n) is 17.3. The molecule has 0 aromatic heterocycles. The zero-order chi connectivity index (χ0) is 19.5. The second kappa shape index (κ2) is 17.9. The van der Waals surface area contributed by atoms with Crippen LogP contribution >= 0.6 is 7.60 Å². The van der Waals surface area contributed by atoms with E-state index in [-0.39, 0.29) is 11.9 Å². The summed E-state index contributed by atoms with van der Waals surface area (Å²) in [5.74, 6) is -0.0327. The Bertz CT molecular complexity index is 399. The number of carbonyl (C=O) groups excluding carboxylic acids is 1. The summed E-state index contributed by atoms with van der Waals surface area (Å²) in [6, 6.07) is 0. The molecule has 26 heavy (non-hydrogen) atoms. The maximum atomic E-state index is 11.8. The number of hydrogen-bond acceptors (Lipinski definition) is 4. The summed E-state index contributed by atoms with van der Waals surface area (Å²) in [4.78, 5) is 11.8. The topological polar surface area (TPSA) is 52.6 Å². The average molecular weight is 389 g/mol. The van der Waals surface area contributed by atoms with Crippen molar-refractivity contribution in [2.45, 2.75) is 96.8 Å². The highest BCUT2D eigenvalue weighted by Crippen LogP contribution is 2.46. The van der Waals surface area contributed by atoms with E-state index in [1.807, 2.05) is 0 Å². The normalized spacial score (nSPS) is 12.1. The summed E-state index contributed by atoms with van der Waals surface area (Å²) in [5.41, 5.74) is 0. The van der Waals surface area contributed by atoms with Crippen LogP contribution in [0.3, 0.4) is 0 Å². The molecule has 0 aliphatic heterocycles. The van der Waals surface area contributed by atoms with Crippen LogP contribution in [0.25, 0.3) is 0 Å². The van der Waals surface area contributed by atoms with Crippen molar-refractivity contribution >= 4 is 13.4 Å². The van der Waals surface area contributed by atoms with Crippen molar-refractivity contribution in [3.8, 4) is 0 Å². The fraction of sp³-hybridized carbons (Fsp3) is 0.857. The van der Waals surface area contributed by atoms with Crippen molar-refractivity contribution in [2.75, 3.05) is 20.4 Å². The first kappa shape index (κ1) is 25.6. The summed E-state index contributed by atoms with van der Waals surface area (Å²) >= 11 is 0. The molecule has 0 aromatic rings. The number of hydrogen-bond donors (Lipinski definition) is 0. The summed E-state index contributed by atoms with van der Waals surface area (Å²) in [6.45, 7) is 2.26. The summed E-state index contributed by atoms with van der Waals surface area (Å²) in [6.07, 6.45) is 21.1. The van der Waals surface area contributed by atoms with E-state index in [0.29, 0.717) is 6.42 Å². The van der Waals surface area contributed by atoms with Gasteiger partial charge < -0.3 is 9.05 Å². The molecule has 0 aliphatic carbocycles. The molecule has 0 amide bonds. The van der Waals surface area contributed by atoms with Crippen molar-refractivity contribution in [1.29, 1.82) is 0 Å². The molecule has 0 saturated heterocycles. The highest BCUT2D eigenvalue weighted by atomic mass is 31.2. The van der Waals surface area contributed by atoms with Gasteiger partial charge in [0.25, 0.3) is 0 Å². The van der Waals surface area contributed by atoms with Gasteiger partial charge in [-0.15, -0.1) is 0 Å². The second-order valence-corrected chi connectivity index (χ2v) is 9.28. The van der Waals surface area contributed by atoms with Gasteiger partial charge in [0.1, 0.15) is 11.9 Å². The fourth-order valence-electron chi connectivity index (χ4n) is 2.89. The molecule has 0 saturated carbocycles. The predicted octanol–water partition coefficient (Wildman–Crippen LogP) is 7.08. The van der Waals surface area contributed by atoms with Gasteiger partial charge in [0, 0.05) is 20.6 Å². The lowest BCUT2D eigenvalue weighted by Gasteiger charge is -2.12. The minimum Gasteiger partial charge on any atom is -0.312 e. The third kappa shape index (κ3) is 15.8. The Hall–Kier alpha value is -0.440. The van der Waals surface area contributed by atoms with Crippen molar-refractivity contribution in [3.05, 3.63) is 12.2 Å². The van der Waals surface area contributed by atoms with E-state index < -0.39 is 7.60 Å². The number of Topliss-reactive ketones (excluding diaryl/α,β-unsaturated/α-hetero) is 1. The van der Waals surface area contributed by atoms with Gasteiger partial charge in [-0.3, -0.25) is 9.36 Å². The molecule has 0 aliphatic rings. The first-order valence-corrected chi connectivity index (χ1v) is 12.2. The second-order valence-electron chi connectivity index (χ2n) is 7.01. The van der Waals surface area contributed by atoms with Gasteiger partial charge in [-0.2, -0.15) is 0 Å². The standard InChI is InChI=1S/C21H41O4P/c1-4-5-6-7-8-9-10-11-12-13-14-15-16-17-18-19-21(22)20-26(23,24-2)25-3/h11-12H,4-10,13-20H2,1-3H3/b12-11-. The van der Waals surface area contributed by atoms with Crippen LogP contribution in [0, 0.1) is 0 Å². The number of rotatable bonds is 19. The van der Waals surface area contributed by atoms with Gasteiger partial charge in [-0.1, -0.05) is 70.4 Å². The zero-order valence-corrected chi connectivity index (χ0v) is 18.2. The maximum Gasteiger partial charge on any atom is 0.337 e. The van der Waals surface area contributed by atoms with E-state index in [0.717, 1.165) is 19.3 Å². The molecule has 0 rings (SSSR count). The lowest BCUT2D eigenvalue weighted by atomic mass is 10.1. The fourth-order valence-corrected chi connectivity index (χ4v) is 3.89. The van der Waals surface area contributed by atoms with Gasteiger partial charge in [0.15, 0.2) is 0 Å². The Labute approximate surface area is 161 Å². The first-order chi connectivity index (χ1) is 12.6. The van der Waals surface area contributed by atoms with Crippen molar-refractivity contribution in [1.82, 2.24) is 0 Å². The molecule has 0 spiro atoms. The van der Waals surface area contributed by atoms with Crippen LogP contribution in [0.4, 0.5) is 0 Å². The Morgan fingerprint density at radius 2 is 1.23 bits per heavy atom. The first-order valence-electron chi connectivity index (χ1n) is 10.4. The predicted molar refractivity (Wildman–Crippen MR) is 111 cm³/mol. The average Bonchev–Trinajstić information content (AvgIpc) is 2.64. The molecule has 0 aromatic carbocycles. The van der Waals surface area contributed by atoms with Crippen LogP contribution in [0.5, 0.6) is 0 Å². The van der Waals surface area contributed by atoms with Crippen LogP contribution in [0.1, 0.15) is 96.8 Å². The molecule has 0 atom stereocenters. The van der Waals surface area contributed by atoms with Crippen LogP contribution in [0.15, 0.2) is 12.2 Å². The van der Waals surface area contributed by atoms with E-state index in [4.69, 9.17) is 9.05 Å². The van der Waals surface area contributed by atoms with Gasteiger partial charge in [0.05, 0.1) is 0 Å². The molecule has 0 unspecified atom stereocenters. The molecule has 0 fully saturated rings. The van der Waals surface area contributed by atoms with Crippen LogP contribution < -0.4 is 0 Å². The van der Waals surface area contributed by atoms with E-state index in [2.05, 4.69) is 19.1 Å². The Balaban J connectivity index is 3.39. The minimum atomic E-state index is -3.18. The van der Waals surface area contributed by atoms with E-state index in [1.165, 1.54) is 78.4 Å². The molecule has 0 radical (unpaired) electrons. The third-order valence-corrected chi connectivity index (χ3v) is 6.50.